The number of halogens is 1. The molecule has 0 aliphatic rings. The molecule has 1 aromatic rings. The molecule has 1 aromatic carbocycles. The molecule has 13 heavy (non-hydrogen) atoms. The number of nitrogens with zero attached hydrogens (tertiary/aromatic N) is 1. The van der Waals surface area contributed by atoms with E-state index in [1.54, 1.807) is 18.2 Å². The fraction of sp³-hybridized carbons (Fsp3) is 0.125. The van der Waals surface area contributed by atoms with Crippen molar-refractivity contribution in [2.75, 3.05) is 7.11 Å². The number of oxime groups is 1. The van der Waals surface area contributed by atoms with E-state index in [-0.39, 0.29) is 5.84 Å². The van der Waals surface area contributed by atoms with E-state index >= 15 is 0 Å². The summed E-state index contributed by atoms with van der Waals surface area (Å²) in [4.78, 5) is 0. The van der Waals surface area contributed by atoms with E-state index in [0.29, 0.717) is 16.3 Å². The van der Waals surface area contributed by atoms with Crippen molar-refractivity contribution >= 4 is 17.4 Å². The average Bonchev–Trinajstić information content (AvgIpc) is 2.17. The van der Waals surface area contributed by atoms with Gasteiger partial charge in [-0.15, -0.1) is 0 Å². The maximum absolute atomic E-state index is 8.41. The van der Waals surface area contributed by atoms with E-state index in [1.165, 1.54) is 7.11 Å². The summed E-state index contributed by atoms with van der Waals surface area (Å²) in [5.41, 5.74) is 5.93. The summed E-state index contributed by atoms with van der Waals surface area (Å²) in [5.74, 6) is 0.515. The number of hydrogen-bond donors (Lipinski definition) is 2. The fourth-order valence-electron chi connectivity index (χ4n) is 0.877. The van der Waals surface area contributed by atoms with Gasteiger partial charge in [0, 0.05) is 5.56 Å². The molecular weight excluding hydrogens is 192 g/mol. The lowest BCUT2D eigenvalue weighted by Gasteiger charge is -2.04. The molecule has 5 heteroatoms. The first kappa shape index (κ1) is 9.67. The molecule has 0 unspecified atom stereocenters. The van der Waals surface area contributed by atoms with Crippen molar-refractivity contribution in [2.24, 2.45) is 10.9 Å². The van der Waals surface area contributed by atoms with Gasteiger partial charge in [0.25, 0.3) is 0 Å². The van der Waals surface area contributed by atoms with Gasteiger partial charge in [0.15, 0.2) is 5.84 Å². The number of nitrogens with two attached hydrogens (primary N) is 1. The summed E-state index contributed by atoms with van der Waals surface area (Å²) < 4.78 is 4.96. The predicted molar refractivity (Wildman–Crippen MR) is 50.5 cm³/mol. The molecule has 0 spiro atoms. The summed E-state index contributed by atoms with van der Waals surface area (Å²) in [6.07, 6.45) is 0. The normalized spacial score (nSPS) is 11.4. The molecule has 0 fully saturated rings. The standard InChI is InChI=1S/C8H9ClN2O2/c1-13-7-4-5(8(10)11-12)2-3-6(7)9/h2-4,12H,1H3,(H2,10,11). The molecule has 0 saturated carbocycles. The van der Waals surface area contributed by atoms with Crippen LogP contribution >= 0.6 is 11.6 Å². The Morgan fingerprint density at radius 3 is 2.85 bits per heavy atom. The molecule has 0 bridgehead atoms. The number of rotatable bonds is 2. The van der Waals surface area contributed by atoms with Crippen molar-refractivity contribution in [1.29, 1.82) is 0 Å². The van der Waals surface area contributed by atoms with E-state index < -0.39 is 0 Å². The van der Waals surface area contributed by atoms with Crippen LogP contribution in [0.2, 0.25) is 5.02 Å². The molecule has 70 valence electrons. The summed E-state index contributed by atoms with van der Waals surface area (Å²) >= 11 is 5.78. The Kier molecular flexibility index (Phi) is 2.97. The lowest BCUT2D eigenvalue weighted by atomic mass is 10.2. The van der Waals surface area contributed by atoms with Crippen LogP contribution in [0.4, 0.5) is 0 Å². The van der Waals surface area contributed by atoms with E-state index in [9.17, 15) is 0 Å². The first-order chi connectivity index (χ1) is 6.19. The van der Waals surface area contributed by atoms with Crippen molar-refractivity contribution in [3.8, 4) is 5.75 Å². The number of hydrogen-bond acceptors (Lipinski definition) is 3. The van der Waals surface area contributed by atoms with Crippen molar-refractivity contribution in [3.63, 3.8) is 0 Å². The van der Waals surface area contributed by atoms with Gasteiger partial charge in [-0.25, -0.2) is 0 Å². The maximum Gasteiger partial charge on any atom is 0.170 e. The molecule has 0 aromatic heterocycles. The van der Waals surface area contributed by atoms with Gasteiger partial charge in [0.1, 0.15) is 5.75 Å². The number of amidine groups is 1. The highest BCUT2D eigenvalue weighted by Crippen LogP contribution is 2.24. The molecule has 0 heterocycles. The van der Waals surface area contributed by atoms with Crippen molar-refractivity contribution in [2.45, 2.75) is 0 Å². The summed E-state index contributed by atoms with van der Waals surface area (Å²) in [6, 6.07) is 4.85. The highest BCUT2D eigenvalue weighted by molar-refractivity contribution is 6.32. The minimum atomic E-state index is 0.0231. The second kappa shape index (κ2) is 4.00. The van der Waals surface area contributed by atoms with Crippen LogP contribution in [0.1, 0.15) is 5.56 Å². The smallest absolute Gasteiger partial charge is 0.170 e. The van der Waals surface area contributed by atoms with Crippen LogP contribution in [-0.2, 0) is 0 Å². The molecule has 1 rings (SSSR count). The van der Waals surface area contributed by atoms with Crippen LogP contribution in [0.25, 0.3) is 0 Å². The Hall–Kier alpha value is -1.42. The number of benzene rings is 1. The van der Waals surface area contributed by atoms with Gasteiger partial charge in [-0.2, -0.15) is 0 Å². The molecule has 0 radical (unpaired) electrons. The summed E-state index contributed by atoms with van der Waals surface area (Å²) in [5, 5.41) is 11.8. The van der Waals surface area contributed by atoms with Crippen LogP contribution in [0.3, 0.4) is 0 Å². The highest BCUT2D eigenvalue weighted by Gasteiger charge is 2.04. The Labute approximate surface area is 80.6 Å². The van der Waals surface area contributed by atoms with Crippen molar-refractivity contribution in [1.82, 2.24) is 0 Å². The minimum Gasteiger partial charge on any atom is -0.495 e. The number of ether oxygens (including phenoxy) is 1. The first-order valence-corrected chi connectivity index (χ1v) is 3.88. The lowest BCUT2D eigenvalue weighted by molar-refractivity contribution is 0.318. The molecule has 4 nitrogen and oxygen atoms in total. The molecular formula is C8H9ClN2O2. The quantitative estimate of drug-likeness (QED) is 0.329. The second-order valence-electron chi connectivity index (χ2n) is 2.33. The zero-order valence-corrected chi connectivity index (χ0v) is 7.75. The second-order valence-corrected chi connectivity index (χ2v) is 2.74. The zero-order chi connectivity index (χ0) is 9.84. The van der Waals surface area contributed by atoms with E-state index in [1.807, 2.05) is 0 Å². The Morgan fingerprint density at radius 1 is 1.62 bits per heavy atom. The van der Waals surface area contributed by atoms with Gasteiger partial charge in [-0.05, 0) is 18.2 Å². The van der Waals surface area contributed by atoms with Gasteiger partial charge in [-0.3, -0.25) is 0 Å². The van der Waals surface area contributed by atoms with Gasteiger partial charge >= 0.3 is 0 Å². The maximum atomic E-state index is 8.41. The third-order valence-corrected chi connectivity index (χ3v) is 1.87. The van der Waals surface area contributed by atoms with Crippen LogP contribution in [0.15, 0.2) is 23.4 Å². The van der Waals surface area contributed by atoms with Gasteiger partial charge in [0.2, 0.25) is 0 Å². The number of methoxy groups -OCH3 is 1. The molecule has 0 aliphatic heterocycles. The molecule has 0 atom stereocenters. The van der Waals surface area contributed by atoms with Crippen molar-refractivity contribution < 1.29 is 9.94 Å². The topological polar surface area (TPSA) is 67.8 Å². The SMILES string of the molecule is COc1cc(C(N)=NO)ccc1Cl. The largest absolute Gasteiger partial charge is 0.495 e. The van der Waals surface area contributed by atoms with Crippen LogP contribution < -0.4 is 10.5 Å². The van der Waals surface area contributed by atoms with Gasteiger partial charge in [0.05, 0.1) is 12.1 Å². The lowest BCUT2D eigenvalue weighted by Crippen LogP contribution is -2.12. The fourth-order valence-corrected chi connectivity index (χ4v) is 1.07. The highest BCUT2D eigenvalue weighted by atomic mass is 35.5. The third-order valence-electron chi connectivity index (χ3n) is 1.55. The van der Waals surface area contributed by atoms with Gasteiger partial charge < -0.3 is 15.7 Å². The van der Waals surface area contributed by atoms with E-state index in [2.05, 4.69) is 5.16 Å². The molecule has 0 saturated heterocycles. The molecule has 0 amide bonds. The van der Waals surface area contributed by atoms with Crippen molar-refractivity contribution in [3.05, 3.63) is 28.8 Å². The third kappa shape index (κ3) is 2.03. The average molecular weight is 201 g/mol. The first-order valence-electron chi connectivity index (χ1n) is 3.50. The van der Waals surface area contributed by atoms with E-state index in [0.717, 1.165) is 0 Å². The van der Waals surface area contributed by atoms with Gasteiger partial charge in [-0.1, -0.05) is 16.8 Å². The summed E-state index contributed by atoms with van der Waals surface area (Å²) in [7, 11) is 1.50. The predicted octanol–water partition coefficient (Wildman–Crippen LogP) is 1.44. The Bertz CT molecular complexity index is 339. The van der Waals surface area contributed by atoms with Crippen LogP contribution in [-0.4, -0.2) is 18.2 Å². The Balaban J connectivity index is 3.13. The zero-order valence-electron chi connectivity index (χ0n) is 6.99. The van der Waals surface area contributed by atoms with Crippen LogP contribution in [0.5, 0.6) is 5.75 Å². The molecule has 0 aliphatic carbocycles. The minimum absolute atomic E-state index is 0.0231. The van der Waals surface area contributed by atoms with E-state index in [4.69, 9.17) is 27.3 Å². The summed E-state index contributed by atoms with van der Waals surface area (Å²) in [6.45, 7) is 0. The molecule has 3 N–H and O–H groups in total. The monoisotopic (exact) mass is 200 g/mol. The Morgan fingerprint density at radius 2 is 2.31 bits per heavy atom. The van der Waals surface area contributed by atoms with Crippen LogP contribution in [0, 0.1) is 0 Å².